The maximum Gasteiger partial charge on any atom is 0.337 e. The Labute approximate surface area is 88.1 Å². The van der Waals surface area contributed by atoms with Crippen LogP contribution in [0.5, 0.6) is 5.75 Å². The molecule has 0 aliphatic carbocycles. The molecule has 2 N–H and O–H groups in total. The van der Waals surface area contributed by atoms with Crippen LogP contribution in [0, 0.1) is 0 Å². The largest absolute Gasteiger partial charge is 0.497 e. The summed E-state index contributed by atoms with van der Waals surface area (Å²) >= 11 is 0. The lowest BCUT2D eigenvalue weighted by Crippen LogP contribution is -2.10. The van der Waals surface area contributed by atoms with E-state index in [9.17, 15) is 9.90 Å². The summed E-state index contributed by atoms with van der Waals surface area (Å²) in [5.74, 6) is -0.699. The minimum atomic E-state index is -1.50. The van der Waals surface area contributed by atoms with Crippen LogP contribution in [0.25, 0.3) is 0 Å². The molecule has 0 saturated carbocycles. The molecule has 0 spiro atoms. The van der Waals surface area contributed by atoms with Gasteiger partial charge in [-0.25, -0.2) is 4.79 Å². The second-order valence-electron chi connectivity index (χ2n) is 3.21. The molecule has 1 unspecified atom stereocenters. The first-order valence-electron chi connectivity index (χ1n) is 4.67. The summed E-state index contributed by atoms with van der Waals surface area (Å²) in [6, 6.07) is 5.01. The Morgan fingerprint density at radius 1 is 1.47 bits per heavy atom. The standard InChI is InChI=1S/C11H14O4/c1-3-7-4-8(10(12)11(13)14)6-9(5-7)15-2/h4-6,10,12H,3H2,1-2H3,(H,13,14). The van der Waals surface area contributed by atoms with Crippen molar-refractivity contribution in [3.8, 4) is 5.75 Å². The molecule has 82 valence electrons. The van der Waals surface area contributed by atoms with Crippen molar-refractivity contribution in [1.82, 2.24) is 0 Å². The summed E-state index contributed by atoms with van der Waals surface area (Å²) in [5, 5.41) is 18.1. The molecular formula is C11H14O4. The number of ether oxygens (including phenoxy) is 1. The topological polar surface area (TPSA) is 66.8 Å². The van der Waals surface area contributed by atoms with Crippen LogP contribution >= 0.6 is 0 Å². The van der Waals surface area contributed by atoms with Gasteiger partial charge in [-0.3, -0.25) is 0 Å². The van der Waals surface area contributed by atoms with Crippen molar-refractivity contribution < 1.29 is 19.7 Å². The number of aryl methyl sites for hydroxylation is 1. The molecule has 0 fully saturated rings. The number of carboxylic acid groups (broad SMARTS) is 1. The molecule has 0 aliphatic rings. The van der Waals surface area contributed by atoms with Crippen LogP contribution < -0.4 is 4.74 Å². The summed E-state index contributed by atoms with van der Waals surface area (Å²) in [5.41, 5.74) is 1.28. The average molecular weight is 210 g/mol. The van der Waals surface area contributed by atoms with E-state index in [1.165, 1.54) is 13.2 Å². The highest BCUT2D eigenvalue weighted by atomic mass is 16.5. The predicted molar refractivity (Wildman–Crippen MR) is 55.0 cm³/mol. The van der Waals surface area contributed by atoms with E-state index in [1.807, 2.05) is 13.0 Å². The zero-order chi connectivity index (χ0) is 11.4. The normalized spacial score (nSPS) is 12.2. The first-order chi connectivity index (χ1) is 7.08. The van der Waals surface area contributed by atoms with Crippen LogP contribution in [-0.2, 0) is 11.2 Å². The van der Waals surface area contributed by atoms with Crippen LogP contribution in [0.2, 0.25) is 0 Å². The molecular weight excluding hydrogens is 196 g/mol. The van der Waals surface area contributed by atoms with Crippen molar-refractivity contribution in [1.29, 1.82) is 0 Å². The van der Waals surface area contributed by atoms with E-state index in [0.29, 0.717) is 11.3 Å². The number of hydrogen-bond acceptors (Lipinski definition) is 3. The minimum Gasteiger partial charge on any atom is -0.497 e. The first-order valence-corrected chi connectivity index (χ1v) is 4.67. The van der Waals surface area contributed by atoms with Crippen molar-refractivity contribution in [2.45, 2.75) is 19.4 Å². The minimum absolute atomic E-state index is 0.346. The zero-order valence-corrected chi connectivity index (χ0v) is 8.73. The molecule has 0 aliphatic heterocycles. The SMILES string of the molecule is CCc1cc(OC)cc(C(O)C(=O)O)c1. The van der Waals surface area contributed by atoms with E-state index < -0.39 is 12.1 Å². The Hall–Kier alpha value is -1.55. The third-order valence-corrected chi connectivity index (χ3v) is 2.18. The van der Waals surface area contributed by atoms with Crippen molar-refractivity contribution in [2.24, 2.45) is 0 Å². The smallest absolute Gasteiger partial charge is 0.337 e. The summed E-state index contributed by atoms with van der Waals surface area (Å²) in [6.45, 7) is 1.95. The Morgan fingerprint density at radius 2 is 2.13 bits per heavy atom. The average Bonchev–Trinajstić information content (AvgIpc) is 2.27. The van der Waals surface area contributed by atoms with Crippen LogP contribution in [0.4, 0.5) is 0 Å². The number of carbonyl (C=O) groups is 1. The monoisotopic (exact) mass is 210 g/mol. The Kier molecular flexibility index (Phi) is 3.68. The van der Waals surface area contributed by atoms with Gasteiger partial charge in [0, 0.05) is 0 Å². The predicted octanol–water partition coefficient (Wildman–Crippen LogP) is 1.38. The number of carboxylic acids is 1. The molecule has 0 amide bonds. The number of aliphatic hydroxyl groups is 1. The molecule has 1 atom stereocenters. The fourth-order valence-electron chi connectivity index (χ4n) is 1.31. The van der Waals surface area contributed by atoms with Gasteiger partial charge in [0.15, 0.2) is 6.10 Å². The molecule has 1 aromatic rings. The number of benzene rings is 1. The number of aliphatic hydroxyl groups excluding tert-OH is 1. The molecule has 0 radical (unpaired) electrons. The van der Waals surface area contributed by atoms with Gasteiger partial charge in [-0.1, -0.05) is 13.0 Å². The van der Waals surface area contributed by atoms with Crippen LogP contribution in [0.1, 0.15) is 24.2 Å². The van der Waals surface area contributed by atoms with Gasteiger partial charge in [-0.05, 0) is 29.7 Å². The van der Waals surface area contributed by atoms with Gasteiger partial charge in [-0.2, -0.15) is 0 Å². The van der Waals surface area contributed by atoms with Gasteiger partial charge in [0.25, 0.3) is 0 Å². The number of aliphatic carboxylic acids is 1. The molecule has 0 saturated heterocycles. The van der Waals surface area contributed by atoms with E-state index in [4.69, 9.17) is 9.84 Å². The van der Waals surface area contributed by atoms with Crippen molar-refractivity contribution in [2.75, 3.05) is 7.11 Å². The van der Waals surface area contributed by atoms with E-state index >= 15 is 0 Å². The van der Waals surface area contributed by atoms with Gasteiger partial charge < -0.3 is 14.9 Å². The molecule has 4 heteroatoms. The lowest BCUT2D eigenvalue weighted by atomic mass is 10.0. The van der Waals surface area contributed by atoms with Crippen LogP contribution in [-0.4, -0.2) is 23.3 Å². The fourth-order valence-corrected chi connectivity index (χ4v) is 1.31. The van der Waals surface area contributed by atoms with Crippen molar-refractivity contribution in [3.05, 3.63) is 29.3 Å². The number of methoxy groups -OCH3 is 1. The molecule has 15 heavy (non-hydrogen) atoms. The third-order valence-electron chi connectivity index (χ3n) is 2.18. The molecule has 0 aromatic heterocycles. The van der Waals surface area contributed by atoms with E-state index in [1.54, 1.807) is 6.07 Å². The van der Waals surface area contributed by atoms with Gasteiger partial charge in [0.2, 0.25) is 0 Å². The highest BCUT2D eigenvalue weighted by Gasteiger charge is 2.17. The van der Waals surface area contributed by atoms with Gasteiger partial charge in [-0.15, -0.1) is 0 Å². The molecule has 0 bridgehead atoms. The third kappa shape index (κ3) is 2.70. The summed E-state index contributed by atoms with van der Waals surface area (Å²) in [4.78, 5) is 10.6. The lowest BCUT2D eigenvalue weighted by molar-refractivity contribution is -0.146. The zero-order valence-electron chi connectivity index (χ0n) is 8.73. The lowest BCUT2D eigenvalue weighted by Gasteiger charge is -2.10. The van der Waals surface area contributed by atoms with Gasteiger partial charge >= 0.3 is 5.97 Å². The molecule has 4 nitrogen and oxygen atoms in total. The van der Waals surface area contributed by atoms with Crippen LogP contribution in [0.3, 0.4) is 0 Å². The number of rotatable bonds is 4. The summed E-state index contributed by atoms with van der Waals surface area (Å²) in [6.07, 6.45) is -0.735. The Balaban J connectivity index is 3.11. The van der Waals surface area contributed by atoms with Gasteiger partial charge in [0.05, 0.1) is 7.11 Å². The highest BCUT2D eigenvalue weighted by Crippen LogP contribution is 2.22. The van der Waals surface area contributed by atoms with Gasteiger partial charge in [0.1, 0.15) is 5.75 Å². The highest BCUT2D eigenvalue weighted by molar-refractivity contribution is 5.74. The second kappa shape index (κ2) is 4.79. The van der Waals surface area contributed by atoms with Crippen LogP contribution in [0.15, 0.2) is 18.2 Å². The number of hydrogen-bond donors (Lipinski definition) is 2. The van der Waals surface area contributed by atoms with Crippen molar-refractivity contribution >= 4 is 5.97 Å². The molecule has 0 heterocycles. The Bertz CT molecular complexity index is 337. The molecule has 1 aromatic carbocycles. The molecule has 1 rings (SSSR count). The van der Waals surface area contributed by atoms with Crippen molar-refractivity contribution in [3.63, 3.8) is 0 Å². The summed E-state index contributed by atoms with van der Waals surface area (Å²) in [7, 11) is 1.51. The second-order valence-corrected chi connectivity index (χ2v) is 3.21. The summed E-state index contributed by atoms with van der Waals surface area (Å²) < 4.78 is 5.02. The van der Waals surface area contributed by atoms with E-state index in [-0.39, 0.29) is 0 Å². The maximum absolute atomic E-state index is 10.6. The first kappa shape index (κ1) is 11.5. The Morgan fingerprint density at radius 3 is 2.60 bits per heavy atom. The quantitative estimate of drug-likeness (QED) is 0.787. The van der Waals surface area contributed by atoms with E-state index in [2.05, 4.69) is 0 Å². The fraction of sp³-hybridized carbons (Fsp3) is 0.364. The maximum atomic E-state index is 10.6. The van der Waals surface area contributed by atoms with E-state index in [0.717, 1.165) is 12.0 Å².